The third-order valence-corrected chi connectivity index (χ3v) is 3.33. The maximum atomic E-state index is 3.41. The summed E-state index contributed by atoms with van der Waals surface area (Å²) in [5, 5.41) is 4.77. The van der Waals surface area contributed by atoms with Crippen molar-refractivity contribution >= 4 is 10.9 Å². The van der Waals surface area contributed by atoms with Crippen LogP contribution in [0.1, 0.15) is 18.9 Å². The van der Waals surface area contributed by atoms with Gasteiger partial charge in [-0.3, -0.25) is 0 Å². The van der Waals surface area contributed by atoms with Crippen molar-refractivity contribution in [2.75, 3.05) is 13.1 Å². The van der Waals surface area contributed by atoms with E-state index in [2.05, 4.69) is 46.4 Å². The van der Waals surface area contributed by atoms with Gasteiger partial charge in [0.15, 0.2) is 0 Å². The Labute approximate surface area is 95.4 Å². The fourth-order valence-electron chi connectivity index (χ4n) is 2.51. The third kappa shape index (κ3) is 1.84. The molecule has 0 bridgehead atoms. The van der Waals surface area contributed by atoms with Crippen LogP contribution >= 0.6 is 0 Å². The van der Waals surface area contributed by atoms with Gasteiger partial charge in [0, 0.05) is 17.8 Å². The van der Waals surface area contributed by atoms with Crippen molar-refractivity contribution in [1.29, 1.82) is 0 Å². The van der Waals surface area contributed by atoms with E-state index in [0.717, 1.165) is 13.1 Å². The van der Waals surface area contributed by atoms with E-state index in [1.807, 2.05) is 0 Å². The van der Waals surface area contributed by atoms with Gasteiger partial charge in [0.1, 0.15) is 0 Å². The minimum absolute atomic E-state index is 0. The second-order valence-corrected chi connectivity index (χ2v) is 4.26. The first-order chi connectivity index (χ1) is 7.45. The highest BCUT2D eigenvalue weighted by Gasteiger charge is 2.15. The summed E-state index contributed by atoms with van der Waals surface area (Å²) in [4.78, 5) is 0. The molecule has 3 rings (SSSR count). The van der Waals surface area contributed by atoms with Gasteiger partial charge in [-0.05, 0) is 43.5 Å². The van der Waals surface area contributed by atoms with Crippen molar-refractivity contribution in [3.63, 3.8) is 0 Å². The van der Waals surface area contributed by atoms with Gasteiger partial charge in [0.05, 0.1) is 0 Å². The molecule has 1 fully saturated rings. The smallest absolute Gasteiger partial charge is 0.0482 e. The molecule has 3 heteroatoms. The van der Waals surface area contributed by atoms with Crippen LogP contribution in [0.15, 0.2) is 36.5 Å². The normalized spacial score (nSPS) is 17.2. The Bertz CT molecular complexity index is 458. The van der Waals surface area contributed by atoms with Crippen LogP contribution in [0.4, 0.5) is 0 Å². The summed E-state index contributed by atoms with van der Waals surface area (Å²) in [7, 11) is 0. The van der Waals surface area contributed by atoms with Gasteiger partial charge in [0.25, 0.3) is 0 Å². The molecule has 1 aromatic heterocycles. The van der Waals surface area contributed by atoms with Crippen molar-refractivity contribution in [1.82, 2.24) is 9.88 Å². The SMILES string of the molecule is O.c1ccc2c(c1)ccn2C1CCNCC1. The van der Waals surface area contributed by atoms with Crippen LogP contribution in [0.2, 0.25) is 0 Å². The molecule has 86 valence electrons. The number of piperidine rings is 1. The molecule has 0 aliphatic carbocycles. The van der Waals surface area contributed by atoms with E-state index in [0.29, 0.717) is 6.04 Å². The molecule has 0 saturated carbocycles. The molecule has 0 amide bonds. The first-order valence-electron chi connectivity index (χ1n) is 5.71. The Balaban J connectivity index is 0.000000963. The van der Waals surface area contributed by atoms with Crippen molar-refractivity contribution in [3.8, 4) is 0 Å². The molecule has 0 atom stereocenters. The number of nitrogens with zero attached hydrogens (tertiary/aromatic N) is 1. The molecular weight excluding hydrogens is 200 g/mol. The number of rotatable bonds is 1. The summed E-state index contributed by atoms with van der Waals surface area (Å²) < 4.78 is 2.44. The second-order valence-electron chi connectivity index (χ2n) is 4.26. The molecule has 16 heavy (non-hydrogen) atoms. The van der Waals surface area contributed by atoms with Crippen LogP contribution in [0.25, 0.3) is 10.9 Å². The summed E-state index contributed by atoms with van der Waals surface area (Å²) >= 11 is 0. The lowest BCUT2D eigenvalue weighted by molar-refractivity contribution is 0.376. The predicted octanol–water partition coefficient (Wildman–Crippen LogP) is 1.74. The minimum atomic E-state index is 0. The average Bonchev–Trinajstić information content (AvgIpc) is 2.74. The molecule has 1 aliphatic rings. The van der Waals surface area contributed by atoms with Crippen LogP contribution in [0, 0.1) is 0 Å². The van der Waals surface area contributed by atoms with E-state index < -0.39 is 0 Å². The zero-order valence-electron chi connectivity index (χ0n) is 9.32. The van der Waals surface area contributed by atoms with E-state index >= 15 is 0 Å². The van der Waals surface area contributed by atoms with Gasteiger partial charge in [-0.15, -0.1) is 0 Å². The molecule has 0 unspecified atom stereocenters. The van der Waals surface area contributed by atoms with Crippen LogP contribution < -0.4 is 5.32 Å². The van der Waals surface area contributed by atoms with Crippen LogP contribution in [0.5, 0.6) is 0 Å². The maximum absolute atomic E-state index is 3.41. The van der Waals surface area contributed by atoms with E-state index in [9.17, 15) is 0 Å². The van der Waals surface area contributed by atoms with E-state index in [4.69, 9.17) is 0 Å². The van der Waals surface area contributed by atoms with Gasteiger partial charge in [-0.25, -0.2) is 0 Å². The second kappa shape index (κ2) is 4.68. The number of benzene rings is 1. The first-order valence-corrected chi connectivity index (χ1v) is 5.71. The van der Waals surface area contributed by atoms with Crippen molar-refractivity contribution in [2.45, 2.75) is 18.9 Å². The molecule has 2 aromatic rings. The zero-order chi connectivity index (χ0) is 10.1. The number of aromatic nitrogens is 1. The van der Waals surface area contributed by atoms with Crippen molar-refractivity contribution < 1.29 is 5.48 Å². The quantitative estimate of drug-likeness (QED) is 0.778. The summed E-state index contributed by atoms with van der Waals surface area (Å²) in [5.41, 5.74) is 1.38. The fourth-order valence-corrected chi connectivity index (χ4v) is 2.51. The fraction of sp³-hybridized carbons (Fsp3) is 0.385. The monoisotopic (exact) mass is 218 g/mol. The lowest BCUT2D eigenvalue weighted by Crippen LogP contribution is -2.29. The molecule has 1 saturated heterocycles. The van der Waals surface area contributed by atoms with Crippen LogP contribution in [-0.2, 0) is 0 Å². The summed E-state index contributed by atoms with van der Waals surface area (Å²) in [6.07, 6.45) is 4.73. The molecule has 1 aliphatic heterocycles. The van der Waals surface area contributed by atoms with Crippen LogP contribution in [0.3, 0.4) is 0 Å². The minimum Gasteiger partial charge on any atom is -0.412 e. The Morgan fingerprint density at radius 2 is 1.81 bits per heavy atom. The molecule has 0 spiro atoms. The van der Waals surface area contributed by atoms with Gasteiger partial charge < -0.3 is 15.4 Å². The van der Waals surface area contributed by atoms with Gasteiger partial charge in [-0.2, -0.15) is 0 Å². The Kier molecular flexibility index (Phi) is 3.27. The highest BCUT2D eigenvalue weighted by Crippen LogP contribution is 2.25. The number of nitrogens with one attached hydrogen (secondary N) is 1. The third-order valence-electron chi connectivity index (χ3n) is 3.33. The standard InChI is InChI=1S/C13H16N2.H2O/c1-2-4-13-11(3-1)7-10-15(13)12-5-8-14-9-6-12;/h1-4,7,10,12,14H,5-6,8-9H2;1H2. The summed E-state index contributed by atoms with van der Waals surface area (Å²) in [6.45, 7) is 2.30. The topological polar surface area (TPSA) is 48.5 Å². The Morgan fingerprint density at radius 3 is 2.62 bits per heavy atom. The Hall–Kier alpha value is -1.32. The van der Waals surface area contributed by atoms with Crippen molar-refractivity contribution in [3.05, 3.63) is 36.5 Å². The number of fused-ring (bicyclic) bond motifs is 1. The number of para-hydroxylation sites is 1. The summed E-state index contributed by atoms with van der Waals surface area (Å²) in [6, 6.07) is 11.5. The molecular formula is C13H18N2O. The molecule has 2 heterocycles. The predicted molar refractivity (Wildman–Crippen MR) is 66.7 cm³/mol. The summed E-state index contributed by atoms with van der Waals surface area (Å²) in [5.74, 6) is 0. The van der Waals surface area contributed by atoms with E-state index in [1.54, 1.807) is 0 Å². The molecule has 3 nitrogen and oxygen atoms in total. The first kappa shape index (κ1) is 11.2. The Morgan fingerprint density at radius 1 is 1.06 bits per heavy atom. The molecule has 3 N–H and O–H groups in total. The van der Waals surface area contributed by atoms with Gasteiger partial charge in [0.2, 0.25) is 0 Å². The number of hydrogen-bond acceptors (Lipinski definition) is 1. The average molecular weight is 218 g/mol. The van der Waals surface area contributed by atoms with E-state index in [1.165, 1.54) is 23.7 Å². The van der Waals surface area contributed by atoms with Gasteiger partial charge >= 0.3 is 0 Å². The van der Waals surface area contributed by atoms with E-state index in [-0.39, 0.29) is 5.48 Å². The number of hydrogen-bond donors (Lipinski definition) is 1. The zero-order valence-corrected chi connectivity index (χ0v) is 9.32. The molecule has 1 aromatic carbocycles. The largest absolute Gasteiger partial charge is 0.412 e. The molecule has 0 radical (unpaired) electrons. The lowest BCUT2D eigenvalue weighted by Gasteiger charge is -2.25. The highest BCUT2D eigenvalue weighted by molar-refractivity contribution is 5.80. The van der Waals surface area contributed by atoms with Crippen LogP contribution in [-0.4, -0.2) is 23.1 Å². The van der Waals surface area contributed by atoms with Crippen molar-refractivity contribution in [2.24, 2.45) is 0 Å². The highest BCUT2D eigenvalue weighted by atomic mass is 16.0. The van der Waals surface area contributed by atoms with Gasteiger partial charge in [-0.1, -0.05) is 18.2 Å². The lowest BCUT2D eigenvalue weighted by atomic mass is 10.1. The maximum Gasteiger partial charge on any atom is 0.0482 e.